The summed E-state index contributed by atoms with van der Waals surface area (Å²) in [5, 5.41) is 14.8. The first-order chi connectivity index (χ1) is 13.9. The van der Waals surface area contributed by atoms with Gasteiger partial charge in [0, 0.05) is 16.6 Å². The zero-order chi connectivity index (χ0) is 21.2. The summed E-state index contributed by atoms with van der Waals surface area (Å²) < 4.78 is 0. The van der Waals surface area contributed by atoms with Gasteiger partial charge in [-0.15, -0.1) is 11.8 Å². The third-order valence-electron chi connectivity index (χ3n) is 4.32. The van der Waals surface area contributed by atoms with E-state index >= 15 is 0 Å². The highest BCUT2D eigenvalue weighted by Crippen LogP contribution is 2.23. The predicted octanol–water partition coefficient (Wildman–Crippen LogP) is 4.84. The van der Waals surface area contributed by atoms with Gasteiger partial charge in [-0.2, -0.15) is 5.26 Å². The quantitative estimate of drug-likeness (QED) is 0.581. The van der Waals surface area contributed by atoms with Gasteiger partial charge in [-0.25, -0.2) is 0 Å². The van der Waals surface area contributed by atoms with Gasteiger partial charge in [-0.3, -0.25) is 9.59 Å². The Bertz CT molecular complexity index is 890. The molecular formula is C23H27N3O2S. The third-order valence-corrected chi connectivity index (χ3v) is 5.39. The van der Waals surface area contributed by atoms with Crippen LogP contribution in [0.15, 0.2) is 53.4 Å². The molecular weight excluding hydrogens is 382 g/mol. The summed E-state index contributed by atoms with van der Waals surface area (Å²) in [4.78, 5) is 25.7. The predicted molar refractivity (Wildman–Crippen MR) is 118 cm³/mol. The number of nitrogens with zero attached hydrogens (tertiary/aromatic N) is 1. The Balaban J connectivity index is 1.95. The lowest BCUT2D eigenvalue weighted by molar-refractivity contribution is -0.113. The average molecular weight is 410 g/mol. The first kappa shape index (κ1) is 22.5. The monoisotopic (exact) mass is 409 g/mol. The summed E-state index contributed by atoms with van der Waals surface area (Å²) in [7, 11) is 0. The normalized spacial score (nSPS) is 11.6. The molecule has 0 fully saturated rings. The van der Waals surface area contributed by atoms with Crippen LogP contribution >= 0.6 is 11.8 Å². The van der Waals surface area contributed by atoms with E-state index in [2.05, 4.69) is 24.5 Å². The van der Waals surface area contributed by atoms with Crippen LogP contribution in [-0.4, -0.2) is 23.6 Å². The van der Waals surface area contributed by atoms with Crippen molar-refractivity contribution in [3.05, 3.63) is 59.7 Å². The number of thioether (sulfide) groups is 1. The standard InChI is InChI=1S/C23H27N3O2S/c1-16(2)11-12-17(3)25-23(28)20-9-4-5-10-21(20)29-15-22(27)26-19-8-6-7-18(13-19)14-24/h4-10,13,16-17H,11-12,15H2,1-3H3,(H,25,28)(H,26,27). The van der Waals surface area contributed by atoms with E-state index in [1.807, 2.05) is 31.2 Å². The van der Waals surface area contributed by atoms with E-state index in [1.54, 1.807) is 30.3 Å². The lowest BCUT2D eigenvalue weighted by Gasteiger charge is -2.16. The van der Waals surface area contributed by atoms with Crippen LogP contribution in [0.5, 0.6) is 0 Å². The number of carbonyl (C=O) groups excluding carboxylic acids is 2. The van der Waals surface area contributed by atoms with Gasteiger partial charge in [0.25, 0.3) is 5.91 Å². The van der Waals surface area contributed by atoms with E-state index in [-0.39, 0.29) is 23.6 Å². The molecule has 0 saturated carbocycles. The topological polar surface area (TPSA) is 82.0 Å². The van der Waals surface area contributed by atoms with Crippen molar-refractivity contribution < 1.29 is 9.59 Å². The van der Waals surface area contributed by atoms with Crippen molar-refractivity contribution in [1.29, 1.82) is 5.26 Å². The van der Waals surface area contributed by atoms with Gasteiger partial charge in [-0.05, 0) is 56.0 Å². The van der Waals surface area contributed by atoms with Crippen LogP contribution in [0.3, 0.4) is 0 Å². The first-order valence-electron chi connectivity index (χ1n) is 9.71. The molecule has 0 radical (unpaired) electrons. The fraction of sp³-hybridized carbons (Fsp3) is 0.348. The van der Waals surface area contributed by atoms with Crippen molar-refractivity contribution in [3.63, 3.8) is 0 Å². The third kappa shape index (κ3) is 7.63. The van der Waals surface area contributed by atoms with Gasteiger partial charge in [0.05, 0.1) is 22.9 Å². The molecule has 0 aromatic heterocycles. The van der Waals surface area contributed by atoms with Gasteiger partial charge >= 0.3 is 0 Å². The lowest BCUT2D eigenvalue weighted by Crippen LogP contribution is -2.33. The summed E-state index contributed by atoms with van der Waals surface area (Å²) in [6, 6.07) is 16.2. The van der Waals surface area contributed by atoms with Crippen molar-refractivity contribution in [2.75, 3.05) is 11.1 Å². The molecule has 0 heterocycles. The number of hydrogen-bond donors (Lipinski definition) is 2. The minimum atomic E-state index is -0.189. The van der Waals surface area contributed by atoms with Gasteiger partial charge < -0.3 is 10.6 Å². The van der Waals surface area contributed by atoms with Crippen LogP contribution in [0, 0.1) is 17.2 Å². The Morgan fingerprint density at radius 3 is 2.55 bits per heavy atom. The maximum atomic E-state index is 12.7. The number of nitrogens with one attached hydrogen (secondary N) is 2. The van der Waals surface area contributed by atoms with Crippen LogP contribution in [0.25, 0.3) is 0 Å². The van der Waals surface area contributed by atoms with Crippen LogP contribution in [-0.2, 0) is 4.79 Å². The number of carbonyl (C=O) groups is 2. The second-order valence-electron chi connectivity index (χ2n) is 7.37. The SMILES string of the molecule is CC(C)CCC(C)NC(=O)c1ccccc1SCC(=O)Nc1cccc(C#N)c1. The number of anilines is 1. The molecule has 2 N–H and O–H groups in total. The number of nitriles is 1. The molecule has 0 spiro atoms. The number of rotatable bonds is 9. The average Bonchev–Trinajstić information content (AvgIpc) is 2.71. The van der Waals surface area contributed by atoms with E-state index in [4.69, 9.17) is 5.26 Å². The molecule has 0 aliphatic rings. The summed E-state index contributed by atoms with van der Waals surface area (Å²) in [6.45, 7) is 6.35. The minimum Gasteiger partial charge on any atom is -0.350 e. The van der Waals surface area contributed by atoms with Crippen molar-refractivity contribution in [2.24, 2.45) is 5.92 Å². The number of hydrogen-bond acceptors (Lipinski definition) is 4. The van der Waals surface area contributed by atoms with E-state index < -0.39 is 0 Å². The Labute approximate surface area is 176 Å². The molecule has 0 aliphatic carbocycles. The molecule has 2 amide bonds. The van der Waals surface area contributed by atoms with E-state index in [0.717, 1.165) is 17.7 Å². The molecule has 0 saturated heterocycles. The molecule has 5 nitrogen and oxygen atoms in total. The van der Waals surface area contributed by atoms with Crippen molar-refractivity contribution in [1.82, 2.24) is 5.32 Å². The molecule has 2 aromatic rings. The highest BCUT2D eigenvalue weighted by Gasteiger charge is 2.15. The Hall–Kier alpha value is -2.78. The summed E-state index contributed by atoms with van der Waals surface area (Å²) in [6.07, 6.45) is 1.99. The maximum absolute atomic E-state index is 12.7. The summed E-state index contributed by atoms with van der Waals surface area (Å²) in [5.74, 6) is 0.464. The smallest absolute Gasteiger partial charge is 0.252 e. The number of benzene rings is 2. The van der Waals surface area contributed by atoms with Crippen molar-refractivity contribution in [2.45, 2.75) is 44.6 Å². The first-order valence-corrected chi connectivity index (χ1v) is 10.7. The second-order valence-corrected chi connectivity index (χ2v) is 8.39. The number of amides is 2. The van der Waals surface area contributed by atoms with Gasteiger partial charge in [0.2, 0.25) is 5.91 Å². The minimum absolute atomic E-state index is 0.0960. The molecule has 2 aromatic carbocycles. The highest BCUT2D eigenvalue weighted by atomic mass is 32.2. The molecule has 152 valence electrons. The van der Waals surface area contributed by atoms with Crippen LogP contribution in [0.1, 0.15) is 49.5 Å². The van der Waals surface area contributed by atoms with Crippen LogP contribution in [0.4, 0.5) is 5.69 Å². The van der Waals surface area contributed by atoms with Gasteiger partial charge in [0.1, 0.15) is 0 Å². The lowest BCUT2D eigenvalue weighted by atomic mass is 10.0. The Morgan fingerprint density at radius 2 is 1.83 bits per heavy atom. The van der Waals surface area contributed by atoms with Gasteiger partial charge in [-0.1, -0.05) is 32.0 Å². The summed E-state index contributed by atoms with van der Waals surface area (Å²) in [5.41, 5.74) is 1.65. The molecule has 0 bridgehead atoms. The summed E-state index contributed by atoms with van der Waals surface area (Å²) >= 11 is 1.32. The molecule has 29 heavy (non-hydrogen) atoms. The van der Waals surface area contributed by atoms with Gasteiger partial charge in [0.15, 0.2) is 0 Å². The second kappa shape index (κ2) is 11.3. The van der Waals surface area contributed by atoms with Crippen molar-refractivity contribution in [3.8, 4) is 6.07 Å². The fourth-order valence-corrected chi connectivity index (χ4v) is 3.59. The molecule has 0 aliphatic heterocycles. The zero-order valence-corrected chi connectivity index (χ0v) is 17.9. The maximum Gasteiger partial charge on any atom is 0.252 e. The van der Waals surface area contributed by atoms with E-state index in [1.165, 1.54) is 11.8 Å². The van der Waals surface area contributed by atoms with E-state index in [9.17, 15) is 9.59 Å². The highest BCUT2D eigenvalue weighted by molar-refractivity contribution is 8.00. The largest absolute Gasteiger partial charge is 0.350 e. The van der Waals surface area contributed by atoms with E-state index in [0.29, 0.717) is 22.7 Å². The zero-order valence-electron chi connectivity index (χ0n) is 17.1. The van der Waals surface area contributed by atoms with Crippen LogP contribution in [0.2, 0.25) is 0 Å². The molecule has 1 atom stereocenters. The van der Waals surface area contributed by atoms with Crippen LogP contribution < -0.4 is 10.6 Å². The molecule has 2 rings (SSSR count). The Morgan fingerprint density at radius 1 is 1.07 bits per heavy atom. The fourth-order valence-electron chi connectivity index (χ4n) is 2.74. The Kier molecular flexibility index (Phi) is 8.75. The van der Waals surface area contributed by atoms with Crippen molar-refractivity contribution >= 4 is 29.3 Å². The molecule has 6 heteroatoms. The molecule has 1 unspecified atom stereocenters.